The standard InChI is InChI=1S/C17H16FN3/c1-14(21(2)16-10-8-15(18)9-11-16)6-3-4-7-17-19-12-5-13-20-17/h5-6,8-13H,3H2,1-2H3/b14-6-. The first kappa shape index (κ1) is 14.7. The summed E-state index contributed by atoms with van der Waals surface area (Å²) in [6.07, 6.45) is 5.95. The monoisotopic (exact) mass is 281 g/mol. The molecule has 2 rings (SSSR count). The molecule has 1 heterocycles. The van der Waals surface area contributed by atoms with Crippen LogP contribution in [-0.4, -0.2) is 17.0 Å². The lowest BCUT2D eigenvalue weighted by Crippen LogP contribution is -2.13. The van der Waals surface area contributed by atoms with Gasteiger partial charge in [0.05, 0.1) is 0 Å². The molecule has 1 aromatic heterocycles. The number of benzene rings is 1. The number of anilines is 1. The molecule has 0 aliphatic heterocycles. The first-order valence-corrected chi connectivity index (χ1v) is 6.59. The van der Waals surface area contributed by atoms with Gasteiger partial charge in [-0.1, -0.05) is 12.0 Å². The third kappa shape index (κ3) is 4.43. The third-order valence-corrected chi connectivity index (χ3v) is 3.01. The highest BCUT2D eigenvalue weighted by Gasteiger charge is 2.01. The molecule has 0 saturated heterocycles. The van der Waals surface area contributed by atoms with Crippen LogP contribution in [0.3, 0.4) is 0 Å². The van der Waals surface area contributed by atoms with E-state index in [1.807, 2.05) is 24.9 Å². The van der Waals surface area contributed by atoms with Gasteiger partial charge in [0, 0.05) is 37.2 Å². The molecule has 3 nitrogen and oxygen atoms in total. The molecule has 0 N–H and O–H groups in total. The van der Waals surface area contributed by atoms with E-state index in [9.17, 15) is 4.39 Å². The minimum atomic E-state index is -0.234. The number of aromatic nitrogens is 2. The highest BCUT2D eigenvalue weighted by atomic mass is 19.1. The second-order valence-electron chi connectivity index (χ2n) is 4.46. The molecule has 4 heteroatoms. The van der Waals surface area contributed by atoms with Gasteiger partial charge in [-0.25, -0.2) is 14.4 Å². The van der Waals surface area contributed by atoms with Crippen molar-refractivity contribution < 1.29 is 4.39 Å². The fraction of sp³-hybridized carbons (Fsp3) is 0.176. The van der Waals surface area contributed by atoms with Crippen LogP contribution in [0.25, 0.3) is 0 Å². The summed E-state index contributed by atoms with van der Waals surface area (Å²) in [5.41, 5.74) is 1.98. The molecular weight excluding hydrogens is 265 g/mol. The maximum atomic E-state index is 12.9. The molecule has 0 aliphatic rings. The summed E-state index contributed by atoms with van der Waals surface area (Å²) in [6.45, 7) is 1.99. The van der Waals surface area contributed by atoms with E-state index in [1.54, 1.807) is 30.6 Å². The highest BCUT2D eigenvalue weighted by molar-refractivity contribution is 5.50. The van der Waals surface area contributed by atoms with Crippen LogP contribution >= 0.6 is 0 Å². The van der Waals surface area contributed by atoms with Crippen molar-refractivity contribution in [3.63, 3.8) is 0 Å². The third-order valence-electron chi connectivity index (χ3n) is 3.01. The summed E-state index contributed by atoms with van der Waals surface area (Å²) < 4.78 is 12.9. The molecule has 106 valence electrons. The lowest BCUT2D eigenvalue weighted by atomic mass is 10.2. The number of allylic oxidation sites excluding steroid dienone is 2. The van der Waals surface area contributed by atoms with Crippen LogP contribution < -0.4 is 4.90 Å². The Morgan fingerprint density at radius 3 is 2.57 bits per heavy atom. The SMILES string of the molecule is C/C(=C/CC#Cc1ncccn1)N(C)c1ccc(F)cc1. The van der Waals surface area contributed by atoms with Crippen molar-refractivity contribution in [1.29, 1.82) is 0 Å². The Bertz CT molecular complexity index is 667. The average Bonchev–Trinajstić information content (AvgIpc) is 2.52. The Labute approximate surface area is 124 Å². The topological polar surface area (TPSA) is 29.0 Å². The minimum absolute atomic E-state index is 0.234. The number of nitrogens with zero attached hydrogens (tertiary/aromatic N) is 3. The van der Waals surface area contributed by atoms with Crippen molar-refractivity contribution >= 4 is 5.69 Å². The Hall–Kier alpha value is -2.67. The Morgan fingerprint density at radius 2 is 1.90 bits per heavy atom. The Kier molecular flexibility index (Phi) is 5.05. The van der Waals surface area contributed by atoms with Gasteiger partial charge in [0.1, 0.15) is 5.82 Å². The number of halogens is 1. The molecule has 0 atom stereocenters. The van der Waals surface area contributed by atoms with Gasteiger partial charge in [0.25, 0.3) is 0 Å². The Morgan fingerprint density at radius 1 is 1.24 bits per heavy atom. The molecule has 0 radical (unpaired) electrons. The fourth-order valence-corrected chi connectivity index (χ4v) is 1.70. The molecule has 21 heavy (non-hydrogen) atoms. The summed E-state index contributed by atoms with van der Waals surface area (Å²) in [4.78, 5) is 10.1. The highest BCUT2D eigenvalue weighted by Crippen LogP contribution is 2.17. The number of hydrogen-bond donors (Lipinski definition) is 0. The molecule has 0 aliphatic carbocycles. The largest absolute Gasteiger partial charge is 0.349 e. The van der Waals surface area contributed by atoms with E-state index in [1.165, 1.54) is 12.1 Å². The van der Waals surface area contributed by atoms with Gasteiger partial charge in [0.2, 0.25) is 5.82 Å². The van der Waals surface area contributed by atoms with Crippen LogP contribution in [-0.2, 0) is 0 Å². The molecule has 0 fully saturated rings. The quantitative estimate of drug-likeness (QED) is 0.807. The van der Waals surface area contributed by atoms with Crippen molar-refractivity contribution in [2.24, 2.45) is 0 Å². The van der Waals surface area contributed by atoms with E-state index in [2.05, 4.69) is 21.8 Å². The maximum Gasteiger partial charge on any atom is 0.204 e. The van der Waals surface area contributed by atoms with E-state index in [4.69, 9.17) is 0 Å². The van der Waals surface area contributed by atoms with E-state index in [0.29, 0.717) is 12.2 Å². The summed E-state index contributed by atoms with van der Waals surface area (Å²) in [5.74, 6) is 6.20. The molecule has 0 amide bonds. The summed E-state index contributed by atoms with van der Waals surface area (Å²) in [6, 6.07) is 8.15. The molecular formula is C17H16FN3. The van der Waals surface area contributed by atoms with Gasteiger partial charge < -0.3 is 4.90 Å². The van der Waals surface area contributed by atoms with Crippen LogP contribution in [0.4, 0.5) is 10.1 Å². The molecule has 0 spiro atoms. The van der Waals surface area contributed by atoms with Gasteiger partial charge in [0.15, 0.2) is 0 Å². The molecule has 1 aromatic carbocycles. The van der Waals surface area contributed by atoms with E-state index >= 15 is 0 Å². The van der Waals surface area contributed by atoms with Gasteiger partial charge >= 0.3 is 0 Å². The summed E-state index contributed by atoms with van der Waals surface area (Å²) in [7, 11) is 1.94. The van der Waals surface area contributed by atoms with Gasteiger partial charge in [-0.2, -0.15) is 0 Å². The normalized spacial score (nSPS) is 10.7. The van der Waals surface area contributed by atoms with Crippen LogP contribution in [0.15, 0.2) is 54.5 Å². The fourth-order valence-electron chi connectivity index (χ4n) is 1.70. The van der Waals surface area contributed by atoms with Crippen molar-refractivity contribution in [2.45, 2.75) is 13.3 Å². The molecule has 0 unspecified atom stereocenters. The van der Waals surface area contributed by atoms with Crippen molar-refractivity contribution in [3.05, 3.63) is 66.1 Å². The molecule has 2 aromatic rings. The second-order valence-corrected chi connectivity index (χ2v) is 4.46. The zero-order valence-corrected chi connectivity index (χ0v) is 12.0. The Balaban J connectivity index is 1.98. The average molecular weight is 281 g/mol. The lowest BCUT2D eigenvalue weighted by molar-refractivity contribution is 0.628. The zero-order chi connectivity index (χ0) is 15.1. The predicted molar refractivity (Wildman–Crippen MR) is 82.1 cm³/mol. The second kappa shape index (κ2) is 7.20. The molecule has 0 bridgehead atoms. The maximum absolute atomic E-state index is 12.9. The van der Waals surface area contributed by atoms with Crippen LogP contribution in [0.5, 0.6) is 0 Å². The minimum Gasteiger partial charge on any atom is -0.349 e. The first-order valence-electron chi connectivity index (χ1n) is 6.59. The van der Waals surface area contributed by atoms with Crippen molar-refractivity contribution in [3.8, 4) is 11.8 Å². The van der Waals surface area contributed by atoms with E-state index in [-0.39, 0.29) is 5.82 Å². The van der Waals surface area contributed by atoms with Crippen molar-refractivity contribution in [2.75, 3.05) is 11.9 Å². The predicted octanol–water partition coefficient (Wildman–Crippen LogP) is 3.40. The number of rotatable bonds is 3. The summed E-state index contributed by atoms with van der Waals surface area (Å²) in [5, 5.41) is 0. The van der Waals surface area contributed by atoms with E-state index in [0.717, 1.165) is 11.4 Å². The zero-order valence-electron chi connectivity index (χ0n) is 12.0. The van der Waals surface area contributed by atoms with E-state index < -0.39 is 0 Å². The number of hydrogen-bond acceptors (Lipinski definition) is 3. The van der Waals surface area contributed by atoms with Gasteiger partial charge in [-0.05, 0) is 43.2 Å². The van der Waals surface area contributed by atoms with Crippen LogP contribution in [0, 0.1) is 17.7 Å². The smallest absolute Gasteiger partial charge is 0.204 e. The molecule has 0 saturated carbocycles. The van der Waals surface area contributed by atoms with Crippen LogP contribution in [0.1, 0.15) is 19.2 Å². The summed E-state index contributed by atoms with van der Waals surface area (Å²) >= 11 is 0. The van der Waals surface area contributed by atoms with Gasteiger partial charge in [-0.3, -0.25) is 0 Å². The lowest BCUT2D eigenvalue weighted by Gasteiger charge is -2.19. The first-order chi connectivity index (χ1) is 10.2. The van der Waals surface area contributed by atoms with Gasteiger partial charge in [-0.15, -0.1) is 0 Å². The van der Waals surface area contributed by atoms with Crippen LogP contribution in [0.2, 0.25) is 0 Å². The van der Waals surface area contributed by atoms with Crippen molar-refractivity contribution in [1.82, 2.24) is 9.97 Å².